The first kappa shape index (κ1) is 10.5. The summed E-state index contributed by atoms with van der Waals surface area (Å²) in [6, 6.07) is 13.4. The highest BCUT2D eigenvalue weighted by atomic mass is 16.5. The van der Waals surface area contributed by atoms with Crippen LogP contribution in [0.3, 0.4) is 0 Å². The van der Waals surface area contributed by atoms with Crippen LogP contribution in [0.25, 0.3) is 0 Å². The lowest BCUT2D eigenvalue weighted by Gasteiger charge is -2.06. The molecule has 1 heterocycles. The van der Waals surface area contributed by atoms with Gasteiger partial charge in [0.05, 0.1) is 5.69 Å². The minimum absolute atomic E-state index is 0.439. The maximum Gasteiger partial charge on any atom is 0.130 e. The average Bonchev–Trinajstić information content (AvgIpc) is 2.28. The Kier molecular flexibility index (Phi) is 3.05. The molecule has 0 aliphatic rings. The van der Waals surface area contributed by atoms with E-state index in [0.29, 0.717) is 12.4 Å². The molecule has 2 rings (SSSR count). The second-order valence-electron chi connectivity index (χ2n) is 3.66. The largest absolute Gasteiger partial charge is 0.487 e. The van der Waals surface area contributed by atoms with Gasteiger partial charge in [-0.05, 0) is 31.2 Å². The molecule has 16 heavy (non-hydrogen) atoms. The smallest absolute Gasteiger partial charge is 0.130 e. The molecule has 0 saturated heterocycles. The lowest BCUT2D eigenvalue weighted by molar-refractivity contribution is 0.301. The van der Waals surface area contributed by atoms with Gasteiger partial charge in [-0.25, -0.2) is 4.98 Å². The van der Waals surface area contributed by atoms with Crippen molar-refractivity contribution in [3.05, 3.63) is 53.7 Å². The molecule has 1 aromatic carbocycles. The fourth-order valence-corrected chi connectivity index (χ4v) is 1.37. The Morgan fingerprint density at radius 1 is 1.12 bits per heavy atom. The van der Waals surface area contributed by atoms with Gasteiger partial charge in [0.1, 0.15) is 18.2 Å². The average molecular weight is 214 g/mol. The highest BCUT2D eigenvalue weighted by molar-refractivity contribution is 5.29. The highest BCUT2D eigenvalue weighted by Crippen LogP contribution is 2.13. The van der Waals surface area contributed by atoms with Crippen molar-refractivity contribution in [3.63, 3.8) is 0 Å². The number of rotatable bonds is 3. The lowest BCUT2D eigenvalue weighted by Crippen LogP contribution is -2.00. The van der Waals surface area contributed by atoms with Crippen LogP contribution in [0.15, 0.2) is 42.5 Å². The Balaban J connectivity index is 1.99. The summed E-state index contributed by atoms with van der Waals surface area (Å²) >= 11 is 0. The van der Waals surface area contributed by atoms with Crippen LogP contribution in [0.1, 0.15) is 11.3 Å². The third-order valence-electron chi connectivity index (χ3n) is 2.24. The Bertz CT molecular complexity index is 466. The maximum absolute atomic E-state index is 5.58. The molecule has 0 saturated carbocycles. The first-order valence-corrected chi connectivity index (χ1v) is 5.15. The summed E-state index contributed by atoms with van der Waals surface area (Å²) < 4.78 is 5.58. The quantitative estimate of drug-likeness (QED) is 0.854. The van der Waals surface area contributed by atoms with E-state index in [1.807, 2.05) is 43.3 Å². The summed E-state index contributed by atoms with van der Waals surface area (Å²) in [6.07, 6.45) is 0. The van der Waals surface area contributed by atoms with Gasteiger partial charge in [-0.2, -0.15) is 0 Å². The van der Waals surface area contributed by atoms with Crippen LogP contribution in [0.4, 0.5) is 5.82 Å². The molecule has 0 unspecified atom stereocenters. The number of hydrogen-bond acceptors (Lipinski definition) is 3. The Hall–Kier alpha value is -2.03. The highest BCUT2D eigenvalue weighted by Gasteiger charge is 1.97. The minimum Gasteiger partial charge on any atom is -0.487 e. The molecule has 3 nitrogen and oxygen atoms in total. The molecule has 0 bridgehead atoms. The molecule has 1 aromatic heterocycles. The van der Waals surface area contributed by atoms with Crippen LogP contribution < -0.4 is 10.5 Å². The van der Waals surface area contributed by atoms with Crippen molar-refractivity contribution in [1.82, 2.24) is 4.98 Å². The Morgan fingerprint density at radius 3 is 2.56 bits per heavy atom. The van der Waals surface area contributed by atoms with Crippen molar-refractivity contribution in [2.45, 2.75) is 13.5 Å². The molecule has 2 N–H and O–H groups in total. The zero-order valence-electron chi connectivity index (χ0n) is 9.18. The van der Waals surface area contributed by atoms with E-state index in [-0.39, 0.29) is 0 Å². The summed E-state index contributed by atoms with van der Waals surface area (Å²) in [6.45, 7) is 2.48. The van der Waals surface area contributed by atoms with E-state index >= 15 is 0 Å². The zero-order chi connectivity index (χ0) is 11.4. The third kappa shape index (κ3) is 2.73. The summed E-state index contributed by atoms with van der Waals surface area (Å²) in [5.41, 5.74) is 7.63. The predicted molar refractivity (Wildman–Crippen MR) is 64.2 cm³/mol. The number of ether oxygens (including phenoxy) is 1. The molecule has 0 spiro atoms. The van der Waals surface area contributed by atoms with Crippen molar-refractivity contribution in [3.8, 4) is 5.75 Å². The predicted octanol–water partition coefficient (Wildman–Crippen LogP) is 2.55. The SMILES string of the molecule is Cc1ccc(OCc2cccc(N)n2)cc1. The van der Waals surface area contributed by atoms with Crippen LogP contribution in [0.2, 0.25) is 0 Å². The van der Waals surface area contributed by atoms with E-state index in [9.17, 15) is 0 Å². The molecule has 0 atom stereocenters. The molecule has 3 heteroatoms. The van der Waals surface area contributed by atoms with Gasteiger partial charge >= 0.3 is 0 Å². The normalized spacial score (nSPS) is 10.1. The topological polar surface area (TPSA) is 48.1 Å². The van der Waals surface area contributed by atoms with Gasteiger partial charge in [-0.15, -0.1) is 0 Å². The Morgan fingerprint density at radius 2 is 1.88 bits per heavy atom. The molecule has 82 valence electrons. The first-order valence-electron chi connectivity index (χ1n) is 5.15. The number of pyridine rings is 1. The third-order valence-corrected chi connectivity index (χ3v) is 2.24. The van der Waals surface area contributed by atoms with Gasteiger partial charge in [0, 0.05) is 0 Å². The summed E-state index contributed by atoms with van der Waals surface area (Å²) in [7, 11) is 0. The summed E-state index contributed by atoms with van der Waals surface area (Å²) in [5.74, 6) is 1.36. The second kappa shape index (κ2) is 4.66. The Labute approximate surface area is 94.9 Å². The van der Waals surface area contributed by atoms with Gasteiger partial charge in [0.15, 0.2) is 0 Å². The van der Waals surface area contributed by atoms with Crippen LogP contribution in [0, 0.1) is 6.92 Å². The van der Waals surface area contributed by atoms with Crippen LogP contribution in [0.5, 0.6) is 5.75 Å². The van der Waals surface area contributed by atoms with E-state index in [1.165, 1.54) is 5.56 Å². The van der Waals surface area contributed by atoms with Crippen molar-refractivity contribution in [2.24, 2.45) is 0 Å². The molecule has 0 amide bonds. The number of benzene rings is 1. The molecule has 0 fully saturated rings. The molecule has 0 radical (unpaired) electrons. The number of aryl methyl sites for hydroxylation is 1. The van der Waals surface area contributed by atoms with Gasteiger partial charge in [0.2, 0.25) is 0 Å². The molecular weight excluding hydrogens is 200 g/mol. The van der Waals surface area contributed by atoms with E-state index < -0.39 is 0 Å². The number of anilines is 1. The molecule has 0 aliphatic heterocycles. The lowest BCUT2D eigenvalue weighted by atomic mass is 10.2. The van der Waals surface area contributed by atoms with E-state index in [0.717, 1.165) is 11.4 Å². The molecular formula is C13H14N2O. The van der Waals surface area contributed by atoms with Crippen molar-refractivity contribution < 1.29 is 4.74 Å². The number of aromatic nitrogens is 1. The fraction of sp³-hybridized carbons (Fsp3) is 0.154. The molecule has 0 aliphatic carbocycles. The zero-order valence-corrected chi connectivity index (χ0v) is 9.18. The number of hydrogen-bond donors (Lipinski definition) is 1. The van der Waals surface area contributed by atoms with Crippen LogP contribution >= 0.6 is 0 Å². The van der Waals surface area contributed by atoms with Crippen molar-refractivity contribution in [2.75, 3.05) is 5.73 Å². The minimum atomic E-state index is 0.439. The number of nitrogens with zero attached hydrogens (tertiary/aromatic N) is 1. The van der Waals surface area contributed by atoms with Gasteiger partial charge in [0.25, 0.3) is 0 Å². The van der Waals surface area contributed by atoms with E-state index in [4.69, 9.17) is 10.5 Å². The van der Waals surface area contributed by atoms with Crippen molar-refractivity contribution >= 4 is 5.82 Å². The van der Waals surface area contributed by atoms with Gasteiger partial charge in [-0.1, -0.05) is 23.8 Å². The first-order chi connectivity index (χ1) is 7.74. The van der Waals surface area contributed by atoms with Crippen molar-refractivity contribution in [1.29, 1.82) is 0 Å². The van der Waals surface area contributed by atoms with Crippen LogP contribution in [-0.4, -0.2) is 4.98 Å². The number of nitrogen functional groups attached to an aromatic ring is 1. The second-order valence-corrected chi connectivity index (χ2v) is 3.66. The van der Waals surface area contributed by atoms with Crippen LogP contribution in [-0.2, 0) is 6.61 Å². The van der Waals surface area contributed by atoms with Gasteiger partial charge < -0.3 is 10.5 Å². The monoisotopic (exact) mass is 214 g/mol. The standard InChI is InChI=1S/C13H14N2O/c1-10-5-7-12(8-6-10)16-9-11-3-2-4-13(14)15-11/h2-8H,9H2,1H3,(H2,14,15). The molecule has 2 aromatic rings. The van der Waals surface area contributed by atoms with Gasteiger partial charge in [-0.3, -0.25) is 0 Å². The summed E-state index contributed by atoms with van der Waals surface area (Å²) in [5, 5.41) is 0. The number of nitrogens with two attached hydrogens (primary N) is 1. The van der Waals surface area contributed by atoms with E-state index in [2.05, 4.69) is 4.98 Å². The van der Waals surface area contributed by atoms with E-state index in [1.54, 1.807) is 6.07 Å². The fourth-order valence-electron chi connectivity index (χ4n) is 1.37. The maximum atomic E-state index is 5.58. The summed E-state index contributed by atoms with van der Waals surface area (Å²) in [4.78, 5) is 4.16.